The molecule has 0 aromatic heterocycles. The Hall–Kier alpha value is 0.439. The molecular weight excluding hydrogens is 431 g/mol. The fourth-order valence-electron chi connectivity index (χ4n) is 2.09. The standard InChI is InChI=1S/2C4H9N2S.2C4H9.Sn/c2*1-4(2,3)6-7-5;2*1-4(2)3;/h2*1-3H3;2*1-3H3;/q2*-1;;;+2. The summed E-state index contributed by atoms with van der Waals surface area (Å²) in [6.45, 7) is 26.2. The summed E-state index contributed by atoms with van der Waals surface area (Å²) in [5, 5.41) is 0. The first kappa shape index (κ1) is 23.4. The van der Waals surface area contributed by atoms with E-state index in [0.717, 1.165) is 0 Å². The molecule has 0 radical (unpaired) electrons. The molecule has 0 atom stereocenters. The molecule has 0 aliphatic rings. The third-order valence-electron chi connectivity index (χ3n) is 3.07. The zero-order chi connectivity index (χ0) is 18.7. The van der Waals surface area contributed by atoms with E-state index in [1.807, 2.05) is 0 Å². The quantitative estimate of drug-likeness (QED) is 0.415. The van der Waals surface area contributed by atoms with Crippen LogP contribution in [0.1, 0.15) is 83.1 Å². The van der Waals surface area contributed by atoms with E-state index < -0.39 is 18.9 Å². The van der Waals surface area contributed by atoms with Crippen LogP contribution in [0.4, 0.5) is 0 Å². The Balaban J connectivity index is 6.38. The average molecular weight is 467 g/mol. The summed E-state index contributed by atoms with van der Waals surface area (Å²) in [6.07, 6.45) is 0. The van der Waals surface area contributed by atoms with E-state index in [2.05, 4.69) is 91.8 Å². The molecule has 0 bridgehead atoms. The third-order valence-corrected chi connectivity index (χ3v) is 22.9. The number of hydrogen-bond donors (Lipinski definition) is 0. The van der Waals surface area contributed by atoms with Gasteiger partial charge in [-0.1, -0.05) is 0 Å². The van der Waals surface area contributed by atoms with Crippen molar-refractivity contribution in [3.63, 3.8) is 0 Å². The van der Waals surface area contributed by atoms with E-state index in [9.17, 15) is 0 Å². The molecule has 0 heterocycles. The second-order valence-corrected chi connectivity index (χ2v) is 26.6. The number of rotatable bonds is 2. The summed E-state index contributed by atoms with van der Waals surface area (Å²) in [4.78, 5) is 0. The summed E-state index contributed by atoms with van der Waals surface area (Å²) in [5.41, 5.74) is -0.186. The minimum atomic E-state index is -3.34. The first-order valence-electron chi connectivity index (χ1n) is 8.12. The summed E-state index contributed by atoms with van der Waals surface area (Å²) in [7, 11) is 0. The molecule has 0 spiro atoms. The van der Waals surface area contributed by atoms with Crippen molar-refractivity contribution < 1.29 is 0 Å². The van der Waals surface area contributed by atoms with Crippen molar-refractivity contribution in [2.45, 2.75) is 101 Å². The molecule has 136 valence electrons. The maximum absolute atomic E-state index is 5.12. The Kier molecular flexibility index (Phi) is 7.92. The topological polar surface area (TPSA) is 49.4 Å². The Morgan fingerprint density at radius 3 is 0.957 bits per heavy atom. The van der Waals surface area contributed by atoms with Crippen molar-refractivity contribution in [2.75, 3.05) is 0 Å². The van der Waals surface area contributed by atoms with Crippen LogP contribution in [0, 0.1) is 0 Å². The fourth-order valence-corrected chi connectivity index (χ4v) is 23.5. The van der Waals surface area contributed by atoms with Gasteiger partial charge in [0, 0.05) is 0 Å². The van der Waals surface area contributed by atoms with Crippen LogP contribution >= 0.6 is 0 Å². The van der Waals surface area contributed by atoms with Gasteiger partial charge in [-0.05, 0) is 0 Å². The summed E-state index contributed by atoms with van der Waals surface area (Å²) < 4.78 is 19.6. The summed E-state index contributed by atoms with van der Waals surface area (Å²) in [5.74, 6) is 0. The molecule has 0 N–H and O–H groups in total. The van der Waals surface area contributed by atoms with Gasteiger partial charge < -0.3 is 0 Å². The van der Waals surface area contributed by atoms with Gasteiger partial charge in [-0.25, -0.2) is 0 Å². The Bertz CT molecular complexity index is 480. The van der Waals surface area contributed by atoms with Crippen LogP contribution in [-0.2, 0) is 22.7 Å². The molecule has 0 aromatic carbocycles. The van der Waals surface area contributed by atoms with E-state index in [1.165, 1.54) is 22.7 Å². The van der Waals surface area contributed by atoms with Crippen LogP contribution in [0.25, 0.3) is 0 Å². The third kappa shape index (κ3) is 7.90. The van der Waals surface area contributed by atoms with Crippen molar-refractivity contribution in [1.82, 2.24) is 0 Å². The van der Waals surface area contributed by atoms with Crippen molar-refractivity contribution in [1.29, 1.82) is 0 Å². The molecule has 0 unspecified atom stereocenters. The fraction of sp³-hybridized carbons (Fsp3) is 1.00. The second-order valence-electron chi connectivity index (χ2n) is 10.0. The predicted octanol–water partition coefficient (Wildman–Crippen LogP) is 6.53. The average Bonchev–Trinajstić information content (AvgIpc) is 2.19. The SMILES string of the molecule is CC(C)(C)N=S=[N][Sn]([N]=S=NC(C)(C)C)([C](C)(C)C)[C](C)(C)C. The van der Waals surface area contributed by atoms with Gasteiger partial charge in [0.15, 0.2) is 0 Å². The second kappa shape index (κ2) is 7.77. The van der Waals surface area contributed by atoms with E-state index in [-0.39, 0.29) is 17.9 Å². The molecule has 0 amide bonds. The zero-order valence-corrected chi connectivity index (χ0v) is 21.6. The van der Waals surface area contributed by atoms with Crippen LogP contribution in [0.5, 0.6) is 0 Å². The zero-order valence-electron chi connectivity index (χ0n) is 17.1. The first-order chi connectivity index (χ1) is 9.91. The van der Waals surface area contributed by atoms with Gasteiger partial charge in [-0.3, -0.25) is 0 Å². The van der Waals surface area contributed by atoms with E-state index in [1.54, 1.807) is 0 Å². The number of hydrogen-bond acceptors (Lipinski definition) is 4. The monoisotopic (exact) mass is 468 g/mol. The van der Waals surface area contributed by atoms with Crippen LogP contribution in [-0.4, -0.2) is 30.0 Å². The molecule has 0 aliphatic heterocycles. The normalized spacial score (nSPS) is 14.1. The molecule has 4 nitrogen and oxygen atoms in total. The molecule has 23 heavy (non-hydrogen) atoms. The van der Waals surface area contributed by atoms with Crippen LogP contribution in [0.15, 0.2) is 13.9 Å². The molecule has 7 heteroatoms. The van der Waals surface area contributed by atoms with Gasteiger partial charge in [0.2, 0.25) is 0 Å². The minimum absolute atomic E-state index is 0.0632. The Labute approximate surface area is 156 Å². The first-order valence-corrected chi connectivity index (χ1v) is 15.0. The van der Waals surface area contributed by atoms with Crippen molar-refractivity contribution in [3.8, 4) is 0 Å². The molecule has 0 saturated carbocycles. The van der Waals surface area contributed by atoms with Crippen molar-refractivity contribution >= 4 is 41.6 Å². The Morgan fingerprint density at radius 2 is 0.783 bits per heavy atom. The van der Waals surface area contributed by atoms with Gasteiger partial charge in [0.25, 0.3) is 0 Å². The van der Waals surface area contributed by atoms with E-state index in [4.69, 9.17) is 5.17 Å². The van der Waals surface area contributed by atoms with E-state index >= 15 is 0 Å². The molecule has 0 saturated heterocycles. The van der Waals surface area contributed by atoms with Gasteiger partial charge >= 0.3 is 157 Å². The van der Waals surface area contributed by atoms with Crippen LogP contribution in [0.3, 0.4) is 0 Å². The van der Waals surface area contributed by atoms with Crippen LogP contribution < -0.4 is 0 Å². The number of nitrogens with zero attached hydrogens (tertiary/aromatic N) is 4. The molecular formula is C16H36N4S2Sn. The summed E-state index contributed by atoms with van der Waals surface area (Å²) >= 11 is -0.590. The molecule has 0 rings (SSSR count). The Morgan fingerprint density at radius 1 is 0.522 bits per heavy atom. The predicted molar refractivity (Wildman–Crippen MR) is 109 cm³/mol. The molecule has 0 fully saturated rings. The summed E-state index contributed by atoms with van der Waals surface area (Å²) in [6, 6.07) is 0. The molecule has 0 aliphatic carbocycles. The van der Waals surface area contributed by atoms with Crippen LogP contribution in [0.2, 0.25) is 6.86 Å². The van der Waals surface area contributed by atoms with Gasteiger partial charge in [0.05, 0.1) is 0 Å². The van der Waals surface area contributed by atoms with Crippen molar-refractivity contribution in [3.05, 3.63) is 0 Å². The van der Waals surface area contributed by atoms with Gasteiger partial charge in [-0.15, -0.1) is 0 Å². The van der Waals surface area contributed by atoms with E-state index in [0.29, 0.717) is 0 Å². The van der Waals surface area contributed by atoms with Crippen molar-refractivity contribution in [2.24, 2.45) is 13.9 Å². The molecule has 0 aromatic rings. The van der Waals surface area contributed by atoms with Gasteiger partial charge in [0.1, 0.15) is 0 Å². The maximum atomic E-state index is 5.12. The van der Waals surface area contributed by atoms with Gasteiger partial charge in [-0.2, -0.15) is 0 Å².